The molecule has 1 rings (SSSR count). The van der Waals surface area contributed by atoms with E-state index in [1.807, 2.05) is 0 Å². The highest BCUT2D eigenvalue weighted by atomic mass is 16.1. The van der Waals surface area contributed by atoms with Crippen LogP contribution < -0.4 is 0 Å². The Balaban J connectivity index is 2.34. The number of unbranched alkanes of at least 4 members (excludes halogenated alkanes) is 2. The molecule has 0 aromatic rings. The van der Waals surface area contributed by atoms with Crippen LogP contribution in [0.25, 0.3) is 0 Å². The third-order valence-electron chi connectivity index (χ3n) is 3.96. The standard InChI is InChI=1S/C18H30O/c1-4-5-6-13-18(19)17-12-8-11-16(14-17)10-7-9-15(2)3/h9,11,17H,4-8,10,12-14H2,1-3H3. The van der Waals surface area contributed by atoms with Gasteiger partial charge >= 0.3 is 0 Å². The molecule has 0 heterocycles. The molecule has 1 nitrogen and oxygen atoms in total. The topological polar surface area (TPSA) is 17.1 Å². The summed E-state index contributed by atoms with van der Waals surface area (Å²) in [6, 6.07) is 0. The first-order valence-electron chi connectivity index (χ1n) is 7.97. The molecular weight excluding hydrogens is 232 g/mol. The molecule has 0 amide bonds. The molecule has 1 atom stereocenters. The van der Waals surface area contributed by atoms with Crippen LogP contribution in [-0.4, -0.2) is 5.78 Å². The molecule has 0 saturated carbocycles. The average molecular weight is 262 g/mol. The number of rotatable bonds is 8. The van der Waals surface area contributed by atoms with Crippen molar-refractivity contribution in [3.63, 3.8) is 0 Å². The van der Waals surface area contributed by atoms with Gasteiger partial charge in [-0.15, -0.1) is 0 Å². The van der Waals surface area contributed by atoms with Gasteiger partial charge < -0.3 is 0 Å². The molecule has 1 unspecified atom stereocenters. The van der Waals surface area contributed by atoms with E-state index >= 15 is 0 Å². The molecule has 1 heteroatoms. The number of allylic oxidation sites excluding steroid dienone is 4. The number of ketones is 1. The van der Waals surface area contributed by atoms with Crippen molar-refractivity contribution < 1.29 is 4.79 Å². The van der Waals surface area contributed by atoms with Gasteiger partial charge in [-0.3, -0.25) is 4.79 Å². The van der Waals surface area contributed by atoms with Gasteiger partial charge in [0.1, 0.15) is 5.78 Å². The third kappa shape index (κ3) is 6.75. The van der Waals surface area contributed by atoms with Crippen molar-refractivity contribution in [3.8, 4) is 0 Å². The molecule has 1 aliphatic rings. The highest BCUT2D eigenvalue weighted by molar-refractivity contribution is 5.81. The highest BCUT2D eigenvalue weighted by Gasteiger charge is 2.21. The fourth-order valence-corrected chi connectivity index (χ4v) is 2.77. The molecule has 0 aliphatic heterocycles. The second kappa shape index (κ2) is 9.12. The predicted molar refractivity (Wildman–Crippen MR) is 83.2 cm³/mol. The Bertz CT molecular complexity index is 332. The van der Waals surface area contributed by atoms with Gasteiger partial charge in [0.15, 0.2) is 0 Å². The molecular formula is C18H30O. The van der Waals surface area contributed by atoms with Crippen LogP contribution in [0.3, 0.4) is 0 Å². The zero-order valence-electron chi connectivity index (χ0n) is 13.0. The van der Waals surface area contributed by atoms with Crippen molar-refractivity contribution in [2.24, 2.45) is 5.92 Å². The van der Waals surface area contributed by atoms with Crippen LogP contribution in [0.4, 0.5) is 0 Å². The fourth-order valence-electron chi connectivity index (χ4n) is 2.77. The van der Waals surface area contributed by atoms with E-state index in [0.717, 1.165) is 44.9 Å². The SMILES string of the molecule is CCCCCC(=O)C1CCC=C(CCC=C(C)C)C1. The van der Waals surface area contributed by atoms with Crippen molar-refractivity contribution in [1.82, 2.24) is 0 Å². The Hall–Kier alpha value is -0.850. The predicted octanol–water partition coefficient (Wildman–Crippen LogP) is 5.61. The van der Waals surface area contributed by atoms with E-state index in [2.05, 4.69) is 32.9 Å². The van der Waals surface area contributed by atoms with Crippen LogP contribution in [0.2, 0.25) is 0 Å². The Kier molecular flexibility index (Phi) is 7.78. The summed E-state index contributed by atoms with van der Waals surface area (Å²) in [6.07, 6.45) is 14.4. The van der Waals surface area contributed by atoms with Crippen molar-refractivity contribution in [3.05, 3.63) is 23.3 Å². The molecule has 0 spiro atoms. The Morgan fingerprint density at radius 1 is 1.37 bits per heavy atom. The largest absolute Gasteiger partial charge is 0.299 e. The average Bonchev–Trinajstić information content (AvgIpc) is 2.39. The minimum Gasteiger partial charge on any atom is -0.299 e. The van der Waals surface area contributed by atoms with E-state index in [4.69, 9.17) is 0 Å². The quantitative estimate of drug-likeness (QED) is 0.410. The summed E-state index contributed by atoms with van der Waals surface area (Å²) >= 11 is 0. The zero-order valence-corrected chi connectivity index (χ0v) is 13.0. The minimum atomic E-state index is 0.323. The third-order valence-corrected chi connectivity index (χ3v) is 3.96. The Morgan fingerprint density at radius 3 is 2.84 bits per heavy atom. The molecule has 0 aromatic carbocycles. The molecule has 0 fully saturated rings. The summed E-state index contributed by atoms with van der Waals surface area (Å²) in [5.41, 5.74) is 2.90. The maximum Gasteiger partial charge on any atom is 0.136 e. The van der Waals surface area contributed by atoms with Gasteiger partial charge in [0.05, 0.1) is 0 Å². The monoisotopic (exact) mass is 262 g/mol. The molecule has 0 bridgehead atoms. The maximum atomic E-state index is 12.2. The van der Waals surface area contributed by atoms with Crippen LogP contribution >= 0.6 is 0 Å². The summed E-state index contributed by atoms with van der Waals surface area (Å²) in [7, 11) is 0. The van der Waals surface area contributed by atoms with Crippen LogP contribution in [0.15, 0.2) is 23.3 Å². The molecule has 1 aliphatic carbocycles. The minimum absolute atomic E-state index is 0.323. The summed E-state index contributed by atoms with van der Waals surface area (Å²) < 4.78 is 0. The Labute approximate surface area is 119 Å². The van der Waals surface area contributed by atoms with Gasteiger partial charge in [0.25, 0.3) is 0 Å². The summed E-state index contributed by atoms with van der Waals surface area (Å²) in [6.45, 7) is 6.49. The number of hydrogen-bond acceptors (Lipinski definition) is 1. The van der Waals surface area contributed by atoms with Crippen LogP contribution in [0.5, 0.6) is 0 Å². The lowest BCUT2D eigenvalue weighted by molar-refractivity contribution is -0.123. The molecule has 0 N–H and O–H groups in total. The van der Waals surface area contributed by atoms with Gasteiger partial charge in [-0.05, 0) is 52.4 Å². The fraction of sp³-hybridized carbons (Fsp3) is 0.722. The number of carbonyl (C=O) groups is 1. The van der Waals surface area contributed by atoms with Crippen LogP contribution in [0.1, 0.15) is 78.6 Å². The molecule has 19 heavy (non-hydrogen) atoms. The van der Waals surface area contributed by atoms with E-state index in [1.165, 1.54) is 24.0 Å². The lowest BCUT2D eigenvalue weighted by Gasteiger charge is -2.21. The van der Waals surface area contributed by atoms with Gasteiger partial charge in [0, 0.05) is 12.3 Å². The van der Waals surface area contributed by atoms with Crippen molar-refractivity contribution in [1.29, 1.82) is 0 Å². The summed E-state index contributed by atoms with van der Waals surface area (Å²) in [5.74, 6) is 0.838. The normalized spacial score (nSPS) is 18.9. The number of Topliss-reactive ketones (excluding diaryl/α,β-unsaturated/α-hetero) is 1. The van der Waals surface area contributed by atoms with E-state index in [9.17, 15) is 4.79 Å². The van der Waals surface area contributed by atoms with Gasteiger partial charge in [-0.25, -0.2) is 0 Å². The van der Waals surface area contributed by atoms with Gasteiger partial charge in [-0.1, -0.05) is 43.1 Å². The van der Waals surface area contributed by atoms with Crippen molar-refractivity contribution in [2.45, 2.75) is 78.6 Å². The molecule has 108 valence electrons. The molecule has 0 radical (unpaired) electrons. The summed E-state index contributed by atoms with van der Waals surface area (Å²) in [5, 5.41) is 0. The van der Waals surface area contributed by atoms with E-state index in [0.29, 0.717) is 11.7 Å². The highest BCUT2D eigenvalue weighted by Crippen LogP contribution is 2.29. The lowest BCUT2D eigenvalue weighted by Crippen LogP contribution is -2.17. The second-order valence-electron chi connectivity index (χ2n) is 6.08. The smallest absolute Gasteiger partial charge is 0.136 e. The van der Waals surface area contributed by atoms with Crippen LogP contribution in [-0.2, 0) is 4.79 Å². The second-order valence-corrected chi connectivity index (χ2v) is 6.08. The van der Waals surface area contributed by atoms with Crippen molar-refractivity contribution >= 4 is 5.78 Å². The van der Waals surface area contributed by atoms with E-state index < -0.39 is 0 Å². The molecule has 0 saturated heterocycles. The van der Waals surface area contributed by atoms with Gasteiger partial charge in [-0.2, -0.15) is 0 Å². The number of carbonyl (C=O) groups excluding carboxylic acids is 1. The van der Waals surface area contributed by atoms with Crippen LogP contribution in [0, 0.1) is 5.92 Å². The first-order chi connectivity index (χ1) is 9.13. The first kappa shape index (κ1) is 16.2. The van der Waals surface area contributed by atoms with E-state index in [1.54, 1.807) is 0 Å². The molecule has 0 aromatic heterocycles. The first-order valence-corrected chi connectivity index (χ1v) is 7.97. The van der Waals surface area contributed by atoms with Crippen molar-refractivity contribution in [2.75, 3.05) is 0 Å². The Morgan fingerprint density at radius 2 is 2.16 bits per heavy atom. The number of hydrogen-bond donors (Lipinski definition) is 0. The van der Waals surface area contributed by atoms with Gasteiger partial charge in [0.2, 0.25) is 0 Å². The zero-order chi connectivity index (χ0) is 14.1. The summed E-state index contributed by atoms with van der Waals surface area (Å²) in [4.78, 5) is 12.2. The lowest BCUT2D eigenvalue weighted by atomic mass is 9.83. The van der Waals surface area contributed by atoms with E-state index in [-0.39, 0.29) is 0 Å². The maximum absolute atomic E-state index is 12.2.